The lowest BCUT2D eigenvalue weighted by Crippen LogP contribution is -2.24. The Balaban J connectivity index is 1.69. The van der Waals surface area contributed by atoms with E-state index in [0.717, 1.165) is 22.3 Å². The first-order valence-electron chi connectivity index (χ1n) is 10.5. The van der Waals surface area contributed by atoms with Gasteiger partial charge in [-0.25, -0.2) is 15.0 Å². The van der Waals surface area contributed by atoms with Crippen molar-refractivity contribution in [2.24, 2.45) is 0 Å². The first-order valence-corrected chi connectivity index (χ1v) is 10.5. The number of nitrogens with one attached hydrogen (secondary N) is 1. The number of nitrogens with zero attached hydrogens (tertiary/aromatic N) is 3. The second-order valence-corrected chi connectivity index (χ2v) is 7.37. The summed E-state index contributed by atoms with van der Waals surface area (Å²) in [5.41, 5.74) is 3.00. The molecule has 0 radical (unpaired) electrons. The highest BCUT2D eigenvalue weighted by atomic mass is 16.3. The molecule has 4 aromatic rings. The Morgan fingerprint density at radius 2 is 1.12 bits per heavy atom. The molecule has 0 bridgehead atoms. The molecule has 3 aromatic carbocycles. The fourth-order valence-corrected chi connectivity index (χ4v) is 3.14. The van der Waals surface area contributed by atoms with Crippen molar-refractivity contribution < 1.29 is 20.1 Å². The number of hydrogen-bond acceptors (Lipinski definition) is 7. The molecule has 0 saturated heterocycles. The standard InChI is InChI=1S/C26H22N4O4/c31-16-15-27-23(34)14-3-17-1-4-18(5-2-17)24-28-25(19-6-10-21(32)11-7-19)30-26(29-24)20-8-12-22(33)13-9-20/h1-14,31-33H,15-16H2,(H,27,34)/b14-3+. The number of rotatable bonds is 7. The Morgan fingerprint density at radius 1 is 0.706 bits per heavy atom. The van der Waals surface area contributed by atoms with Gasteiger partial charge in [0.1, 0.15) is 11.5 Å². The Kier molecular flexibility index (Phi) is 6.90. The summed E-state index contributed by atoms with van der Waals surface area (Å²) in [6.07, 6.45) is 3.08. The molecule has 0 saturated carbocycles. The molecule has 1 aromatic heterocycles. The average Bonchev–Trinajstić information content (AvgIpc) is 2.87. The van der Waals surface area contributed by atoms with E-state index < -0.39 is 0 Å². The fraction of sp³-hybridized carbons (Fsp3) is 0.0769. The van der Waals surface area contributed by atoms with Crippen molar-refractivity contribution in [3.63, 3.8) is 0 Å². The van der Waals surface area contributed by atoms with Crippen LogP contribution < -0.4 is 5.32 Å². The first kappa shape index (κ1) is 22.6. The number of carbonyl (C=O) groups excluding carboxylic acids is 1. The molecule has 0 atom stereocenters. The molecule has 0 spiro atoms. The number of hydrogen-bond donors (Lipinski definition) is 4. The minimum Gasteiger partial charge on any atom is -0.508 e. The van der Waals surface area contributed by atoms with Crippen molar-refractivity contribution in [1.82, 2.24) is 20.3 Å². The van der Waals surface area contributed by atoms with Crippen LogP contribution >= 0.6 is 0 Å². The molecule has 8 heteroatoms. The van der Waals surface area contributed by atoms with Gasteiger partial charge in [0.25, 0.3) is 0 Å². The van der Waals surface area contributed by atoms with Crippen LogP contribution in [0.5, 0.6) is 11.5 Å². The molecule has 0 aliphatic rings. The van der Waals surface area contributed by atoms with Gasteiger partial charge in [0.2, 0.25) is 5.91 Å². The summed E-state index contributed by atoms with van der Waals surface area (Å²) in [5.74, 6) is 1.34. The SMILES string of the molecule is O=C(/C=C/c1ccc(-c2nc(-c3ccc(O)cc3)nc(-c3ccc(O)cc3)n2)cc1)NCCO. The van der Waals surface area contributed by atoms with Gasteiger partial charge in [-0.05, 0) is 60.2 Å². The van der Waals surface area contributed by atoms with Crippen LogP contribution in [0, 0.1) is 0 Å². The van der Waals surface area contributed by atoms with Crippen molar-refractivity contribution in [3.05, 3.63) is 84.4 Å². The Bertz CT molecular complexity index is 1240. The molecule has 4 rings (SSSR count). The molecule has 8 nitrogen and oxygen atoms in total. The van der Waals surface area contributed by atoms with E-state index >= 15 is 0 Å². The molecule has 170 valence electrons. The monoisotopic (exact) mass is 454 g/mol. The number of aliphatic hydroxyl groups excluding tert-OH is 1. The fourth-order valence-electron chi connectivity index (χ4n) is 3.14. The van der Waals surface area contributed by atoms with E-state index in [2.05, 4.69) is 20.3 Å². The summed E-state index contributed by atoms with van der Waals surface area (Å²) in [7, 11) is 0. The normalized spacial score (nSPS) is 11.0. The van der Waals surface area contributed by atoms with Gasteiger partial charge in [-0.3, -0.25) is 4.79 Å². The number of amides is 1. The summed E-state index contributed by atoms with van der Waals surface area (Å²) >= 11 is 0. The summed E-state index contributed by atoms with van der Waals surface area (Å²) in [6.45, 7) is 0.0900. The largest absolute Gasteiger partial charge is 0.508 e. The third kappa shape index (κ3) is 5.62. The van der Waals surface area contributed by atoms with Gasteiger partial charge in [0.15, 0.2) is 17.5 Å². The van der Waals surface area contributed by atoms with Crippen LogP contribution in [-0.4, -0.2) is 49.3 Å². The topological polar surface area (TPSA) is 128 Å². The third-order valence-electron chi connectivity index (χ3n) is 4.89. The zero-order chi connectivity index (χ0) is 23.9. The molecular weight excluding hydrogens is 432 g/mol. The predicted octanol–water partition coefficient (Wildman–Crippen LogP) is 3.41. The molecule has 4 N–H and O–H groups in total. The summed E-state index contributed by atoms with van der Waals surface area (Å²) in [5, 5.41) is 30.6. The number of aliphatic hydroxyl groups is 1. The van der Waals surface area contributed by atoms with Crippen LogP contribution in [-0.2, 0) is 4.79 Å². The van der Waals surface area contributed by atoms with Gasteiger partial charge < -0.3 is 20.6 Å². The Morgan fingerprint density at radius 3 is 1.53 bits per heavy atom. The Hall–Kier alpha value is -4.56. The molecule has 34 heavy (non-hydrogen) atoms. The van der Waals surface area contributed by atoms with Gasteiger partial charge in [0, 0.05) is 29.3 Å². The second-order valence-electron chi connectivity index (χ2n) is 7.37. The molecule has 1 amide bonds. The van der Waals surface area contributed by atoms with Crippen LogP contribution in [0.4, 0.5) is 0 Å². The van der Waals surface area contributed by atoms with Crippen molar-refractivity contribution in [3.8, 4) is 45.7 Å². The summed E-state index contributed by atoms with van der Waals surface area (Å²) in [6, 6.07) is 20.6. The van der Waals surface area contributed by atoms with E-state index in [1.54, 1.807) is 54.6 Å². The number of phenolic OH excluding ortho intramolecular Hbond substituents is 2. The smallest absolute Gasteiger partial charge is 0.244 e. The second kappa shape index (κ2) is 10.4. The molecule has 1 heterocycles. The molecule has 0 aliphatic heterocycles. The third-order valence-corrected chi connectivity index (χ3v) is 4.89. The van der Waals surface area contributed by atoms with E-state index in [1.807, 2.05) is 24.3 Å². The number of carbonyl (C=O) groups is 1. The predicted molar refractivity (Wildman–Crippen MR) is 129 cm³/mol. The summed E-state index contributed by atoms with van der Waals surface area (Å²) < 4.78 is 0. The van der Waals surface area contributed by atoms with Crippen LogP contribution in [0.15, 0.2) is 78.9 Å². The maximum atomic E-state index is 11.7. The molecule has 0 unspecified atom stereocenters. The van der Waals surface area contributed by atoms with Crippen molar-refractivity contribution in [1.29, 1.82) is 0 Å². The maximum absolute atomic E-state index is 11.7. The summed E-state index contributed by atoms with van der Waals surface area (Å²) in [4.78, 5) is 25.5. The van der Waals surface area contributed by atoms with Crippen LogP contribution in [0.2, 0.25) is 0 Å². The zero-order valence-corrected chi connectivity index (χ0v) is 18.1. The van der Waals surface area contributed by atoms with E-state index in [0.29, 0.717) is 17.5 Å². The van der Waals surface area contributed by atoms with Crippen LogP contribution in [0.3, 0.4) is 0 Å². The number of aromatic hydroxyl groups is 2. The Labute approximate surface area is 195 Å². The lowest BCUT2D eigenvalue weighted by atomic mass is 10.1. The minimum atomic E-state index is -0.285. The highest BCUT2D eigenvalue weighted by Gasteiger charge is 2.12. The number of aromatic nitrogens is 3. The quantitative estimate of drug-likeness (QED) is 0.315. The van der Waals surface area contributed by atoms with Crippen molar-refractivity contribution in [2.75, 3.05) is 13.2 Å². The van der Waals surface area contributed by atoms with Crippen LogP contribution in [0.1, 0.15) is 5.56 Å². The number of benzene rings is 3. The van der Waals surface area contributed by atoms with Gasteiger partial charge in [-0.15, -0.1) is 0 Å². The van der Waals surface area contributed by atoms with Gasteiger partial charge >= 0.3 is 0 Å². The van der Waals surface area contributed by atoms with E-state index in [1.165, 1.54) is 6.08 Å². The highest BCUT2D eigenvalue weighted by molar-refractivity contribution is 5.91. The number of phenols is 2. The van der Waals surface area contributed by atoms with Gasteiger partial charge in [-0.1, -0.05) is 24.3 Å². The molecule has 0 fully saturated rings. The minimum absolute atomic E-state index is 0.113. The molecular formula is C26H22N4O4. The lowest BCUT2D eigenvalue weighted by molar-refractivity contribution is -0.116. The van der Waals surface area contributed by atoms with E-state index in [-0.39, 0.29) is 30.6 Å². The average molecular weight is 454 g/mol. The highest BCUT2D eigenvalue weighted by Crippen LogP contribution is 2.26. The van der Waals surface area contributed by atoms with Crippen LogP contribution in [0.25, 0.3) is 40.2 Å². The van der Waals surface area contributed by atoms with E-state index in [9.17, 15) is 15.0 Å². The van der Waals surface area contributed by atoms with E-state index in [4.69, 9.17) is 5.11 Å². The molecule has 0 aliphatic carbocycles. The maximum Gasteiger partial charge on any atom is 0.244 e. The van der Waals surface area contributed by atoms with Crippen molar-refractivity contribution >= 4 is 12.0 Å². The van der Waals surface area contributed by atoms with Crippen molar-refractivity contribution in [2.45, 2.75) is 0 Å². The van der Waals surface area contributed by atoms with Gasteiger partial charge in [-0.2, -0.15) is 0 Å². The lowest BCUT2D eigenvalue weighted by Gasteiger charge is -2.09. The van der Waals surface area contributed by atoms with Gasteiger partial charge in [0.05, 0.1) is 6.61 Å². The zero-order valence-electron chi connectivity index (χ0n) is 18.1. The first-order chi connectivity index (χ1) is 16.5.